The fourth-order valence-corrected chi connectivity index (χ4v) is 9.59. The number of methoxy groups -OCH3 is 1. The highest BCUT2D eigenvalue weighted by Crippen LogP contribution is 2.72. The number of hydrogen-bond donors (Lipinski definition) is 0. The van der Waals surface area contributed by atoms with Crippen molar-refractivity contribution in [1.29, 1.82) is 0 Å². The van der Waals surface area contributed by atoms with E-state index in [1.54, 1.807) is 0 Å². The number of para-hydroxylation sites is 1. The Kier molecular flexibility index (Phi) is 4.09. The van der Waals surface area contributed by atoms with E-state index in [-0.39, 0.29) is 17.3 Å². The molecule has 0 N–H and O–H groups in total. The predicted octanol–water partition coefficient (Wildman–Crippen LogP) is 6.00. The molecule has 2 aliphatic heterocycles. The molecule has 3 nitrogen and oxygen atoms in total. The molecule has 0 unspecified atom stereocenters. The van der Waals surface area contributed by atoms with E-state index < -0.39 is 0 Å². The third-order valence-corrected chi connectivity index (χ3v) is 10.8. The van der Waals surface area contributed by atoms with Gasteiger partial charge in [-0.2, -0.15) is 0 Å². The van der Waals surface area contributed by atoms with Crippen LogP contribution in [-0.4, -0.2) is 25.6 Å². The largest absolute Gasteiger partial charge is 0.487 e. The van der Waals surface area contributed by atoms with E-state index in [1.165, 1.54) is 56.9 Å². The topological polar surface area (TPSA) is 27.7 Å². The summed E-state index contributed by atoms with van der Waals surface area (Å²) in [4.78, 5) is 0. The maximum Gasteiger partial charge on any atom is 0.162 e. The molecular weight excluding hydrogens is 372 g/mol. The van der Waals surface area contributed by atoms with Crippen LogP contribution in [0.3, 0.4) is 0 Å². The van der Waals surface area contributed by atoms with Gasteiger partial charge in [0.05, 0.1) is 6.61 Å². The minimum atomic E-state index is -0.0361. The smallest absolute Gasteiger partial charge is 0.162 e. The highest BCUT2D eigenvalue weighted by atomic mass is 16.7. The zero-order chi connectivity index (χ0) is 20.8. The van der Waals surface area contributed by atoms with Crippen LogP contribution in [-0.2, 0) is 15.9 Å². The first-order valence-corrected chi connectivity index (χ1v) is 12.3. The van der Waals surface area contributed by atoms with Crippen LogP contribution in [0.2, 0.25) is 0 Å². The van der Waals surface area contributed by atoms with Crippen molar-refractivity contribution in [2.75, 3.05) is 13.7 Å². The molecule has 5 aliphatic rings. The van der Waals surface area contributed by atoms with Crippen molar-refractivity contribution in [2.24, 2.45) is 34.0 Å². The lowest BCUT2D eigenvalue weighted by atomic mass is 9.36. The standard InChI is InChI=1S/C27H38O3/c1-24-14-10-21-25(2)12-7-13-27(21,17-29-23(25)28-4)20(24)11-15-26(3)22(24)16-18-8-5-6-9-19(18)30-26/h5-6,8-9,20-23H,7,10-17H2,1-4H3/t20-,21-,22-,23-,24+,25+,26-,27-/m0/s1. The fraction of sp³-hybridized carbons (Fsp3) is 0.778. The average Bonchev–Trinajstić information content (AvgIpc) is 2.71. The summed E-state index contributed by atoms with van der Waals surface area (Å²) in [5.41, 5.74) is 2.19. The molecule has 3 saturated carbocycles. The molecule has 1 aromatic rings. The molecule has 0 amide bonds. The normalized spacial score (nSPS) is 51.6. The van der Waals surface area contributed by atoms with Gasteiger partial charge in [0.2, 0.25) is 0 Å². The Morgan fingerprint density at radius 1 is 0.900 bits per heavy atom. The monoisotopic (exact) mass is 410 g/mol. The van der Waals surface area contributed by atoms with E-state index in [2.05, 4.69) is 45.0 Å². The van der Waals surface area contributed by atoms with E-state index in [1.807, 2.05) is 7.11 Å². The molecule has 0 spiro atoms. The van der Waals surface area contributed by atoms with Gasteiger partial charge in [-0.1, -0.05) is 38.5 Å². The molecule has 1 saturated heterocycles. The van der Waals surface area contributed by atoms with Crippen molar-refractivity contribution in [3.05, 3.63) is 29.8 Å². The summed E-state index contributed by atoms with van der Waals surface area (Å²) in [6.07, 6.45) is 10.1. The Hall–Kier alpha value is -1.06. The molecule has 4 fully saturated rings. The SMILES string of the molecule is CO[C@H]1OC[C@]23CCC[C@]1(C)[C@@H]2CC[C@]1(C)[C@@H]3CC[C@]2(C)Oc3ccccc3C[C@@H]12. The van der Waals surface area contributed by atoms with Crippen molar-refractivity contribution in [3.8, 4) is 5.75 Å². The summed E-state index contributed by atoms with van der Waals surface area (Å²) >= 11 is 0. The maximum absolute atomic E-state index is 6.78. The van der Waals surface area contributed by atoms with E-state index in [9.17, 15) is 0 Å². The Bertz CT molecular complexity index is 852. The van der Waals surface area contributed by atoms with Gasteiger partial charge in [-0.05, 0) is 80.8 Å². The van der Waals surface area contributed by atoms with Gasteiger partial charge in [0.25, 0.3) is 0 Å². The molecule has 8 atom stereocenters. The second kappa shape index (κ2) is 6.25. The van der Waals surface area contributed by atoms with E-state index >= 15 is 0 Å². The van der Waals surface area contributed by atoms with E-state index in [0.717, 1.165) is 24.2 Å². The third kappa shape index (κ3) is 2.29. The zero-order valence-electron chi connectivity index (χ0n) is 19.2. The number of hydrogen-bond acceptors (Lipinski definition) is 3. The van der Waals surface area contributed by atoms with Gasteiger partial charge < -0.3 is 14.2 Å². The lowest BCUT2D eigenvalue weighted by Crippen LogP contribution is -2.70. The Morgan fingerprint density at radius 3 is 2.50 bits per heavy atom. The van der Waals surface area contributed by atoms with Crippen LogP contribution in [0.15, 0.2) is 24.3 Å². The van der Waals surface area contributed by atoms with Crippen LogP contribution in [0.5, 0.6) is 5.75 Å². The minimum Gasteiger partial charge on any atom is -0.487 e. The first-order chi connectivity index (χ1) is 14.4. The van der Waals surface area contributed by atoms with Gasteiger partial charge in [0.15, 0.2) is 6.29 Å². The molecular formula is C27H38O3. The molecule has 3 heteroatoms. The van der Waals surface area contributed by atoms with Gasteiger partial charge in [-0.3, -0.25) is 0 Å². The number of ether oxygens (including phenoxy) is 3. The van der Waals surface area contributed by atoms with Gasteiger partial charge in [-0.15, -0.1) is 0 Å². The molecule has 0 radical (unpaired) electrons. The lowest BCUT2D eigenvalue weighted by Gasteiger charge is -2.71. The first-order valence-electron chi connectivity index (χ1n) is 12.3. The predicted molar refractivity (Wildman–Crippen MR) is 117 cm³/mol. The van der Waals surface area contributed by atoms with Crippen LogP contribution in [0, 0.1) is 34.0 Å². The summed E-state index contributed by atoms with van der Waals surface area (Å²) in [6, 6.07) is 8.76. The summed E-state index contributed by atoms with van der Waals surface area (Å²) in [5, 5.41) is 0. The van der Waals surface area contributed by atoms with Crippen LogP contribution in [0.1, 0.15) is 71.3 Å². The van der Waals surface area contributed by atoms with E-state index in [4.69, 9.17) is 14.2 Å². The Morgan fingerprint density at radius 2 is 1.67 bits per heavy atom. The lowest BCUT2D eigenvalue weighted by molar-refractivity contribution is -0.332. The minimum absolute atomic E-state index is 0.0287. The van der Waals surface area contributed by atoms with Crippen LogP contribution >= 0.6 is 0 Å². The second-order valence-corrected chi connectivity index (χ2v) is 11.9. The van der Waals surface area contributed by atoms with Crippen molar-refractivity contribution < 1.29 is 14.2 Å². The number of rotatable bonds is 1. The quantitative estimate of drug-likeness (QED) is 0.568. The molecule has 6 rings (SSSR count). The van der Waals surface area contributed by atoms with Crippen molar-refractivity contribution in [2.45, 2.75) is 84.0 Å². The zero-order valence-corrected chi connectivity index (χ0v) is 19.2. The van der Waals surface area contributed by atoms with Gasteiger partial charge in [-0.25, -0.2) is 0 Å². The maximum atomic E-state index is 6.78. The van der Waals surface area contributed by atoms with Crippen molar-refractivity contribution >= 4 is 0 Å². The highest BCUT2D eigenvalue weighted by molar-refractivity contribution is 5.38. The number of benzene rings is 1. The van der Waals surface area contributed by atoms with Gasteiger partial charge >= 0.3 is 0 Å². The summed E-state index contributed by atoms with van der Waals surface area (Å²) in [7, 11) is 1.84. The molecule has 2 bridgehead atoms. The molecule has 1 aromatic carbocycles. The number of fused-ring (bicyclic) bond motifs is 4. The first kappa shape index (κ1) is 19.6. The summed E-state index contributed by atoms with van der Waals surface area (Å²) in [5.74, 6) is 3.17. The molecule has 2 heterocycles. The highest BCUT2D eigenvalue weighted by Gasteiger charge is 2.70. The fourth-order valence-electron chi connectivity index (χ4n) is 9.59. The van der Waals surface area contributed by atoms with Crippen molar-refractivity contribution in [1.82, 2.24) is 0 Å². The summed E-state index contributed by atoms with van der Waals surface area (Å²) < 4.78 is 19.2. The molecule has 30 heavy (non-hydrogen) atoms. The third-order valence-electron chi connectivity index (χ3n) is 10.8. The average molecular weight is 411 g/mol. The Labute approximate surface area is 181 Å². The van der Waals surface area contributed by atoms with Crippen LogP contribution < -0.4 is 4.74 Å². The van der Waals surface area contributed by atoms with Gasteiger partial charge in [0.1, 0.15) is 11.4 Å². The van der Waals surface area contributed by atoms with Gasteiger partial charge in [0, 0.05) is 23.9 Å². The molecule has 0 aromatic heterocycles. The Balaban J connectivity index is 1.41. The van der Waals surface area contributed by atoms with E-state index in [0.29, 0.717) is 16.7 Å². The summed E-state index contributed by atoms with van der Waals surface area (Å²) in [6.45, 7) is 8.39. The molecule has 3 aliphatic carbocycles. The van der Waals surface area contributed by atoms with Crippen LogP contribution in [0.25, 0.3) is 0 Å². The molecule has 164 valence electrons. The van der Waals surface area contributed by atoms with Crippen molar-refractivity contribution in [3.63, 3.8) is 0 Å². The second-order valence-electron chi connectivity index (χ2n) is 11.9. The van der Waals surface area contributed by atoms with Crippen LogP contribution in [0.4, 0.5) is 0 Å².